The molecule has 3 rings (SSSR count). The average molecular weight is 396 g/mol. The maximum Gasteiger partial charge on any atom is 0.416 e. The van der Waals surface area contributed by atoms with Gasteiger partial charge in [0.05, 0.1) is 10.6 Å². The van der Waals surface area contributed by atoms with Crippen LogP contribution < -0.4 is 0 Å². The van der Waals surface area contributed by atoms with Gasteiger partial charge in [0.1, 0.15) is 11.8 Å². The van der Waals surface area contributed by atoms with Crippen LogP contribution in [0.3, 0.4) is 0 Å². The van der Waals surface area contributed by atoms with Gasteiger partial charge in [-0.1, -0.05) is 48.5 Å². The van der Waals surface area contributed by atoms with Gasteiger partial charge in [0.25, 0.3) is 5.69 Å². The van der Waals surface area contributed by atoms with Gasteiger partial charge in [-0.15, -0.1) is 0 Å². The number of allylic oxidation sites excluding steroid dienone is 1. The van der Waals surface area contributed by atoms with Crippen LogP contribution in [0.15, 0.2) is 60.7 Å². The third-order valence-corrected chi connectivity index (χ3v) is 4.57. The van der Waals surface area contributed by atoms with Crippen LogP contribution in [-0.4, -0.2) is 32.9 Å². The Labute approximate surface area is 169 Å². The highest BCUT2D eigenvalue weighted by atomic mass is 16.6. The highest BCUT2D eigenvalue weighted by molar-refractivity contribution is 5.83. The Morgan fingerprint density at radius 2 is 1.76 bits per heavy atom. The highest BCUT2D eigenvalue weighted by Gasteiger charge is 2.36. The minimum atomic E-state index is -1.09. The molecule has 1 N–H and O–H groups in total. The molecule has 2 atom stereocenters. The monoisotopic (exact) mass is 396 g/mol. The lowest BCUT2D eigenvalue weighted by molar-refractivity contribution is -0.384. The van der Waals surface area contributed by atoms with Crippen LogP contribution in [0.1, 0.15) is 44.2 Å². The molecule has 0 saturated heterocycles. The van der Waals surface area contributed by atoms with Crippen molar-refractivity contribution in [3.05, 3.63) is 81.9 Å². The summed E-state index contributed by atoms with van der Waals surface area (Å²) >= 11 is 0. The van der Waals surface area contributed by atoms with Gasteiger partial charge in [0.2, 0.25) is 0 Å². The van der Waals surface area contributed by atoms with Crippen LogP contribution in [0.25, 0.3) is 5.70 Å². The fourth-order valence-electron chi connectivity index (χ4n) is 3.28. The molecule has 0 unspecified atom stereocenters. The second kappa shape index (κ2) is 8.05. The van der Waals surface area contributed by atoms with Gasteiger partial charge in [0.15, 0.2) is 0 Å². The number of ether oxygens (including phenoxy) is 1. The molecule has 0 aliphatic carbocycles. The summed E-state index contributed by atoms with van der Waals surface area (Å²) in [7, 11) is 0. The Morgan fingerprint density at radius 3 is 2.31 bits per heavy atom. The number of hydrogen-bond donors (Lipinski definition) is 1. The Kier molecular flexibility index (Phi) is 5.70. The molecule has 0 bridgehead atoms. The third-order valence-electron chi connectivity index (χ3n) is 4.57. The maximum absolute atomic E-state index is 12.8. The summed E-state index contributed by atoms with van der Waals surface area (Å²) in [5.41, 5.74) is 1.44. The second-order valence-corrected chi connectivity index (χ2v) is 7.94. The first-order valence-corrected chi connectivity index (χ1v) is 9.37. The minimum Gasteiger partial charge on any atom is -0.443 e. The zero-order valence-corrected chi connectivity index (χ0v) is 16.6. The predicted molar refractivity (Wildman–Crippen MR) is 109 cm³/mol. The Bertz CT molecular complexity index is 916. The molecule has 1 amide bonds. The number of hydrogen-bond acceptors (Lipinski definition) is 5. The molecule has 0 spiro atoms. The molecule has 7 heteroatoms. The summed E-state index contributed by atoms with van der Waals surface area (Å²) < 4.78 is 5.49. The minimum absolute atomic E-state index is 0.00718. The number of nitro benzene ring substituents is 1. The quantitative estimate of drug-likeness (QED) is 0.601. The summed E-state index contributed by atoms with van der Waals surface area (Å²) in [5.74, 6) is -0.209. The van der Waals surface area contributed by atoms with E-state index in [4.69, 9.17) is 4.74 Å². The van der Waals surface area contributed by atoms with E-state index in [9.17, 15) is 20.0 Å². The van der Waals surface area contributed by atoms with Crippen LogP contribution in [0, 0.1) is 10.1 Å². The van der Waals surface area contributed by atoms with Crippen molar-refractivity contribution in [3.8, 4) is 0 Å². The third kappa shape index (κ3) is 4.81. The number of non-ortho nitro benzene ring substituents is 1. The number of carbonyl (C=O) groups excluding carboxylic acids is 1. The van der Waals surface area contributed by atoms with E-state index in [1.807, 2.05) is 36.4 Å². The van der Waals surface area contributed by atoms with Crippen molar-refractivity contribution in [3.63, 3.8) is 0 Å². The fraction of sp³-hybridized carbons (Fsp3) is 0.318. The number of carbonyl (C=O) groups is 1. The van der Waals surface area contributed by atoms with E-state index in [1.165, 1.54) is 17.0 Å². The van der Waals surface area contributed by atoms with Crippen LogP contribution in [0.4, 0.5) is 10.5 Å². The maximum atomic E-state index is 12.8. The molecule has 29 heavy (non-hydrogen) atoms. The molecule has 1 aliphatic heterocycles. The number of nitro groups is 1. The lowest BCUT2D eigenvalue weighted by Gasteiger charge is -2.37. The van der Waals surface area contributed by atoms with E-state index < -0.39 is 22.8 Å². The molecule has 152 valence electrons. The van der Waals surface area contributed by atoms with Crippen LogP contribution >= 0.6 is 0 Å². The number of benzene rings is 2. The Morgan fingerprint density at radius 1 is 1.14 bits per heavy atom. The zero-order chi connectivity index (χ0) is 21.2. The van der Waals surface area contributed by atoms with E-state index in [-0.39, 0.29) is 18.0 Å². The molecule has 1 heterocycles. The summed E-state index contributed by atoms with van der Waals surface area (Å²) in [5, 5.41) is 21.7. The summed E-state index contributed by atoms with van der Waals surface area (Å²) in [6, 6.07) is 15.5. The molecule has 1 aliphatic rings. The lowest BCUT2D eigenvalue weighted by Crippen LogP contribution is -2.44. The highest BCUT2D eigenvalue weighted by Crippen LogP contribution is 2.37. The number of amides is 1. The fourth-order valence-corrected chi connectivity index (χ4v) is 3.28. The van der Waals surface area contributed by atoms with Crippen LogP contribution in [-0.2, 0) is 4.74 Å². The van der Waals surface area contributed by atoms with E-state index in [2.05, 4.69) is 0 Å². The van der Waals surface area contributed by atoms with Gasteiger partial charge >= 0.3 is 6.09 Å². The van der Waals surface area contributed by atoms with Crippen molar-refractivity contribution in [2.75, 3.05) is 0 Å². The number of rotatable bonds is 3. The van der Waals surface area contributed by atoms with Crippen molar-refractivity contribution in [2.24, 2.45) is 0 Å². The molecular formula is C22H24N2O5. The Hall–Kier alpha value is -3.19. The van der Waals surface area contributed by atoms with E-state index in [1.54, 1.807) is 32.9 Å². The standard InChI is InChI=1S/C22H24N2O5/c1-22(2,3)29-21(26)23-19(16-7-5-4-6-8-16)13-17(14-20(23)25)15-9-11-18(12-10-15)24(27)28/h4-13,17,20,25H,14H2,1-3H3/t17-,20-/m0/s1. The number of aliphatic hydroxyl groups is 1. The van der Waals surface area contributed by atoms with E-state index in [0.717, 1.165) is 11.1 Å². The summed E-state index contributed by atoms with van der Waals surface area (Å²) in [6.07, 6.45) is 0.438. The number of aliphatic hydroxyl groups excluding tert-OH is 1. The smallest absolute Gasteiger partial charge is 0.416 e. The SMILES string of the molecule is CC(C)(C)OC(=O)N1C(c2ccccc2)=C[C@H](c2ccc([N+](=O)[O-])cc2)C[C@@H]1O. The largest absolute Gasteiger partial charge is 0.443 e. The van der Waals surface area contributed by atoms with Crippen molar-refractivity contribution < 1.29 is 19.6 Å². The van der Waals surface area contributed by atoms with Gasteiger partial charge in [-0.25, -0.2) is 4.79 Å². The van der Waals surface area contributed by atoms with E-state index in [0.29, 0.717) is 5.70 Å². The summed E-state index contributed by atoms with van der Waals surface area (Å²) in [6.45, 7) is 5.31. The van der Waals surface area contributed by atoms with Crippen LogP contribution in [0.2, 0.25) is 0 Å². The topological polar surface area (TPSA) is 92.9 Å². The average Bonchev–Trinajstić information content (AvgIpc) is 2.66. The summed E-state index contributed by atoms with van der Waals surface area (Å²) in [4.78, 5) is 24.5. The van der Waals surface area contributed by atoms with Gasteiger partial charge in [0, 0.05) is 24.5 Å². The molecule has 0 radical (unpaired) electrons. The van der Waals surface area contributed by atoms with Crippen LogP contribution in [0.5, 0.6) is 0 Å². The van der Waals surface area contributed by atoms with Gasteiger partial charge in [-0.2, -0.15) is 0 Å². The van der Waals surface area contributed by atoms with E-state index >= 15 is 0 Å². The van der Waals surface area contributed by atoms with Crippen molar-refractivity contribution in [1.82, 2.24) is 4.90 Å². The van der Waals surface area contributed by atoms with Crippen molar-refractivity contribution >= 4 is 17.5 Å². The lowest BCUT2D eigenvalue weighted by atomic mass is 9.89. The predicted octanol–water partition coefficient (Wildman–Crippen LogP) is 4.68. The second-order valence-electron chi connectivity index (χ2n) is 7.94. The first-order valence-electron chi connectivity index (χ1n) is 9.37. The molecule has 2 aromatic rings. The Balaban J connectivity index is 2.01. The molecule has 0 saturated carbocycles. The van der Waals surface area contributed by atoms with Gasteiger partial charge < -0.3 is 9.84 Å². The molecular weight excluding hydrogens is 372 g/mol. The zero-order valence-electron chi connectivity index (χ0n) is 16.6. The van der Waals surface area contributed by atoms with Crippen molar-refractivity contribution in [1.29, 1.82) is 0 Å². The molecule has 7 nitrogen and oxygen atoms in total. The van der Waals surface area contributed by atoms with Gasteiger partial charge in [-0.3, -0.25) is 15.0 Å². The van der Waals surface area contributed by atoms with Crippen molar-refractivity contribution in [2.45, 2.75) is 44.9 Å². The first-order chi connectivity index (χ1) is 13.7. The molecule has 0 fully saturated rings. The first kappa shape index (κ1) is 20.5. The van der Waals surface area contributed by atoms with Gasteiger partial charge in [-0.05, 0) is 31.9 Å². The number of nitrogens with zero attached hydrogens (tertiary/aromatic N) is 2. The molecule has 0 aromatic heterocycles. The normalized spacial score (nSPS) is 19.4. The molecule has 2 aromatic carbocycles.